The number of hydrogen-bond donors (Lipinski definition) is 1. The Balaban J connectivity index is 1.93. The highest BCUT2D eigenvalue weighted by molar-refractivity contribution is 9.10. The van der Waals surface area contributed by atoms with Gasteiger partial charge in [-0.3, -0.25) is 0 Å². The SMILES string of the molecule is Fc1ccccc1CNc1nc(Cl)nn2c(Br)ccc12. The zero-order valence-electron chi connectivity index (χ0n) is 10.1. The molecule has 0 unspecified atom stereocenters. The average molecular weight is 356 g/mol. The van der Waals surface area contributed by atoms with Gasteiger partial charge in [-0.2, -0.15) is 4.98 Å². The van der Waals surface area contributed by atoms with Gasteiger partial charge >= 0.3 is 0 Å². The van der Waals surface area contributed by atoms with Crippen LogP contribution in [0.1, 0.15) is 5.56 Å². The van der Waals surface area contributed by atoms with Gasteiger partial charge in [0.2, 0.25) is 5.28 Å². The fraction of sp³-hybridized carbons (Fsp3) is 0.0769. The fourth-order valence-electron chi connectivity index (χ4n) is 1.89. The van der Waals surface area contributed by atoms with Crippen LogP contribution in [-0.2, 0) is 6.54 Å². The summed E-state index contributed by atoms with van der Waals surface area (Å²) in [6.45, 7) is 0.318. The van der Waals surface area contributed by atoms with Gasteiger partial charge in [-0.1, -0.05) is 18.2 Å². The highest BCUT2D eigenvalue weighted by Crippen LogP contribution is 2.22. The van der Waals surface area contributed by atoms with Gasteiger partial charge in [0.1, 0.15) is 15.9 Å². The molecule has 0 bridgehead atoms. The van der Waals surface area contributed by atoms with Crippen molar-refractivity contribution in [3.63, 3.8) is 0 Å². The monoisotopic (exact) mass is 354 g/mol. The largest absolute Gasteiger partial charge is 0.364 e. The van der Waals surface area contributed by atoms with Gasteiger partial charge in [0, 0.05) is 12.1 Å². The van der Waals surface area contributed by atoms with E-state index >= 15 is 0 Å². The summed E-state index contributed by atoms with van der Waals surface area (Å²) in [6.07, 6.45) is 0. The summed E-state index contributed by atoms with van der Waals surface area (Å²) >= 11 is 9.26. The fourth-order valence-corrected chi connectivity index (χ4v) is 2.45. The van der Waals surface area contributed by atoms with Gasteiger partial charge in [0.05, 0.1) is 0 Å². The van der Waals surface area contributed by atoms with Crippen molar-refractivity contribution in [2.24, 2.45) is 0 Å². The predicted octanol–water partition coefficient (Wildman–Crippen LogP) is 3.90. The lowest BCUT2D eigenvalue weighted by atomic mass is 10.2. The topological polar surface area (TPSA) is 42.2 Å². The minimum Gasteiger partial charge on any atom is -0.364 e. The quantitative estimate of drug-likeness (QED) is 0.775. The zero-order chi connectivity index (χ0) is 14.1. The first kappa shape index (κ1) is 13.3. The third kappa shape index (κ3) is 2.48. The van der Waals surface area contributed by atoms with Gasteiger partial charge in [-0.15, -0.1) is 5.10 Å². The molecular weight excluding hydrogens is 347 g/mol. The van der Waals surface area contributed by atoms with E-state index in [1.807, 2.05) is 12.1 Å². The van der Waals surface area contributed by atoms with Crippen molar-refractivity contribution in [3.8, 4) is 0 Å². The summed E-state index contributed by atoms with van der Waals surface area (Å²) in [5.74, 6) is 0.298. The van der Waals surface area contributed by atoms with Crippen LogP contribution in [0.4, 0.5) is 10.2 Å². The maximum absolute atomic E-state index is 13.6. The number of fused-ring (bicyclic) bond motifs is 1. The van der Waals surface area contributed by atoms with E-state index in [0.29, 0.717) is 17.9 Å². The second kappa shape index (κ2) is 5.38. The first-order valence-corrected chi connectivity index (χ1v) is 7.00. The minimum absolute atomic E-state index is 0.116. The van der Waals surface area contributed by atoms with E-state index in [-0.39, 0.29) is 11.1 Å². The van der Waals surface area contributed by atoms with Crippen molar-refractivity contribution < 1.29 is 4.39 Å². The number of hydrogen-bond acceptors (Lipinski definition) is 3. The first-order valence-electron chi connectivity index (χ1n) is 5.83. The Hall–Kier alpha value is -1.66. The molecule has 4 nitrogen and oxygen atoms in total. The minimum atomic E-state index is -0.257. The zero-order valence-corrected chi connectivity index (χ0v) is 12.5. The number of rotatable bonds is 3. The van der Waals surface area contributed by atoms with Gasteiger partial charge < -0.3 is 5.32 Å². The number of anilines is 1. The van der Waals surface area contributed by atoms with Gasteiger partial charge in [0.25, 0.3) is 0 Å². The Morgan fingerprint density at radius 3 is 2.85 bits per heavy atom. The number of aromatic nitrogens is 3. The van der Waals surface area contributed by atoms with Crippen LogP contribution in [0.2, 0.25) is 5.28 Å². The van der Waals surface area contributed by atoms with Gasteiger partial charge in [0.15, 0.2) is 5.82 Å². The third-order valence-corrected chi connectivity index (χ3v) is 3.60. The van der Waals surface area contributed by atoms with E-state index in [2.05, 4.69) is 31.3 Å². The molecule has 0 saturated carbocycles. The lowest BCUT2D eigenvalue weighted by Crippen LogP contribution is -2.06. The lowest BCUT2D eigenvalue weighted by Gasteiger charge is -2.08. The molecule has 0 fully saturated rings. The van der Waals surface area contributed by atoms with Crippen molar-refractivity contribution in [2.75, 3.05) is 5.32 Å². The highest BCUT2D eigenvalue weighted by Gasteiger charge is 2.10. The van der Waals surface area contributed by atoms with Crippen LogP contribution in [0, 0.1) is 5.82 Å². The van der Waals surface area contributed by atoms with Gasteiger partial charge in [-0.25, -0.2) is 8.91 Å². The van der Waals surface area contributed by atoms with Crippen LogP contribution < -0.4 is 5.32 Å². The number of nitrogens with one attached hydrogen (secondary N) is 1. The predicted molar refractivity (Wildman–Crippen MR) is 79.4 cm³/mol. The van der Waals surface area contributed by atoms with Crippen molar-refractivity contribution >= 4 is 38.9 Å². The molecule has 0 radical (unpaired) electrons. The second-order valence-corrected chi connectivity index (χ2v) is 5.28. The number of nitrogens with zero attached hydrogens (tertiary/aromatic N) is 3. The van der Waals surface area contributed by atoms with Crippen molar-refractivity contribution in [2.45, 2.75) is 6.54 Å². The molecule has 2 heterocycles. The van der Waals surface area contributed by atoms with Crippen molar-refractivity contribution in [1.29, 1.82) is 0 Å². The summed E-state index contributed by atoms with van der Waals surface area (Å²) in [6, 6.07) is 10.3. The van der Waals surface area contributed by atoms with Gasteiger partial charge in [-0.05, 0) is 45.7 Å². The smallest absolute Gasteiger partial charge is 0.243 e. The van der Waals surface area contributed by atoms with E-state index in [1.165, 1.54) is 6.07 Å². The summed E-state index contributed by atoms with van der Waals surface area (Å²) in [5.41, 5.74) is 1.32. The normalized spacial score (nSPS) is 10.9. The maximum Gasteiger partial charge on any atom is 0.243 e. The Kier molecular flexibility index (Phi) is 3.58. The van der Waals surface area contributed by atoms with E-state index in [4.69, 9.17) is 11.6 Å². The molecule has 20 heavy (non-hydrogen) atoms. The molecule has 0 atom stereocenters. The van der Waals surface area contributed by atoms with Crippen molar-refractivity contribution in [1.82, 2.24) is 14.6 Å². The highest BCUT2D eigenvalue weighted by atomic mass is 79.9. The number of benzene rings is 1. The summed E-state index contributed by atoms with van der Waals surface area (Å²) in [5, 5.41) is 7.28. The van der Waals surface area contributed by atoms with Crippen LogP contribution >= 0.6 is 27.5 Å². The van der Waals surface area contributed by atoms with Crippen LogP contribution in [0.15, 0.2) is 41.0 Å². The molecule has 0 amide bonds. The standard InChI is InChI=1S/C13H9BrClFN4/c14-11-6-5-10-12(18-13(15)19-20(10)11)17-7-8-3-1-2-4-9(8)16/h1-6H,7H2,(H,17,18,19). The van der Waals surface area contributed by atoms with E-state index < -0.39 is 0 Å². The Morgan fingerprint density at radius 1 is 1.25 bits per heavy atom. The molecule has 7 heteroatoms. The number of halogens is 3. The third-order valence-electron chi connectivity index (χ3n) is 2.84. The molecule has 3 aromatic rings. The molecule has 0 aliphatic heterocycles. The Labute approximate surface area is 127 Å². The summed E-state index contributed by atoms with van der Waals surface area (Å²) in [4.78, 5) is 4.14. The van der Waals surface area contributed by atoms with Crippen LogP contribution in [0.25, 0.3) is 5.52 Å². The van der Waals surface area contributed by atoms with Crippen molar-refractivity contribution in [3.05, 3.63) is 57.7 Å². The lowest BCUT2D eigenvalue weighted by molar-refractivity contribution is 0.613. The summed E-state index contributed by atoms with van der Waals surface area (Å²) < 4.78 is 16.0. The molecule has 1 aromatic carbocycles. The van der Waals surface area contributed by atoms with Crippen LogP contribution in [0.3, 0.4) is 0 Å². The average Bonchev–Trinajstić information content (AvgIpc) is 2.79. The molecule has 0 saturated heterocycles. The van der Waals surface area contributed by atoms with E-state index in [1.54, 1.807) is 22.7 Å². The maximum atomic E-state index is 13.6. The molecule has 0 spiro atoms. The molecule has 0 aliphatic rings. The summed E-state index contributed by atoms with van der Waals surface area (Å²) in [7, 11) is 0. The molecule has 102 valence electrons. The second-order valence-electron chi connectivity index (χ2n) is 4.13. The molecule has 2 aromatic heterocycles. The molecule has 3 rings (SSSR count). The molecular formula is C13H9BrClFN4. The molecule has 1 N–H and O–H groups in total. The van der Waals surface area contributed by atoms with E-state index in [9.17, 15) is 4.39 Å². The van der Waals surface area contributed by atoms with Crippen LogP contribution in [0.5, 0.6) is 0 Å². The Morgan fingerprint density at radius 2 is 2.05 bits per heavy atom. The van der Waals surface area contributed by atoms with E-state index in [0.717, 1.165) is 10.1 Å². The first-order chi connectivity index (χ1) is 9.65. The Bertz CT molecular complexity index is 774. The molecule has 0 aliphatic carbocycles. The van der Waals surface area contributed by atoms with Crippen LogP contribution in [-0.4, -0.2) is 14.6 Å².